The molecule has 1 heterocycles. The van der Waals surface area contributed by atoms with Gasteiger partial charge in [0.15, 0.2) is 0 Å². The standard InChI is InChI=1S/C13H12N2O4/c1-7-3-8(2)5-9(4-7)15-11(16)10(12(17)18)6-14-13(15)19/h3-6H,1-2H3,(H,14,19)(H,17,18). The van der Waals surface area contributed by atoms with Gasteiger partial charge in [0.1, 0.15) is 5.56 Å². The number of aryl methyl sites for hydroxylation is 2. The average Bonchev–Trinajstić information content (AvgIpc) is 2.26. The fourth-order valence-electron chi connectivity index (χ4n) is 1.94. The molecule has 6 heteroatoms. The monoisotopic (exact) mass is 260 g/mol. The highest BCUT2D eigenvalue weighted by atomic mass is 16.4. The number of aromatic carboxylic acids is 1. The Kier molecular flexibility index (Phi) is 3.08. The van der Waals surface area contributed by atoms with Crippen molar-refractivity contribution in [3.05, 3.63) is 61.9 Å². The molecule has 98 valence electrons. The van der Waals surface area contributed by atoms with Crippen molar-refractivity contribution in [3.8, 4) is 5.69 Å². The minimum absolute atomic E-state index is 0.354. The first-order chi connectivity index (χ1) is 8.90. The third-order valence-corrected chi connectivity index (χ3v) is 2.67. The van der Waals surface area contributed by atoms with Crippen LogP contribution in [0.5, 0.6) is 0 Å². The Hall–Kier alpha value is -2.63. The fourth-order valence-corrected chi connectivity index (χ4v) is 1.94. The van der Waals surface area contributed by atoms with Crippen molar-refractivity contribution in [1.29, 1.82) is 0 Å². The molecule has 0 spiro atoms. The van der Waals surface area contributed by atoms with Crippen molar-refractivity contribution in [2.75, 3.05) is 0 Å². The van der Waals surface area contributed by atoms with E-state index in [4.69, 9.17) is 5.11 Å². The molecule has 0 aliphatic heterocycles. The summed E-state index contributed by atoms with van der Waals surface area (Å²) in [4.78, 5) is 36.9. The Labute approximate surface area is 108 Å². The summed E-state index contributed by atoms with van der Waals surface area (Å²) >= 11 is 0. The van der Waals surface area contributed by atoms with Crippen LogP contribution in [0.2, 0.25) is 0 Å². The van der Waals surface area contributed by atoms with E-state index in [1.165, 1.54) is 0 Å². The van der Waals surface area contributed by atoms with E-state index >= 15 is 0 Å². The van der Waals surface area contributed by atoms with E-state index in [-0.39, 0.29) is 0 Å². The van der Waals surface area contributed by atoms with Crippen LogP contribution in [-0.4, -0.2) is 20.6 Å². The summed E-state index contributed by atoms with van der Waals surface area (Å²) in [6, 6.07) is 5.19. The second kappa shape index (κ2) is 4.56. The van der Waals surface area contributed by atoms with E-state index in [1.807, 2.05) is 19.9 Å². The fraction of sp³-hybridized carbons (Fsp3) is 0.154. The van der Waals surface area contributed by atoms with Gasteiger partial charge >= 0.3 is 11.7 Å². The number of rotatable bonds is 2. The van der Waals surface area contributed by atoms with Gasteiger partial charge in [0, 0.05) is 6.20 Å². The second-order valence-corrected chi connectivity index (χ2v) is 4.30. The van der Waals surface area contributed by atoms with Crippen molar-refractivity contribution >= 4 is 5.97 Å². The molecule has 1 aromatic heterocycles. The minimum atomic E-state index is -1.38. The van der Waals surface area contributed by atoms with Crippen molar-refractivity contribution in [2.45, 2.75) is 13.8 Å². The van der Waals surface area contributed by atoms with E-state index in [1.54, 1.807) is 12.1 Å². The smallest absolute Gasteiger partial charge is 0.342 e. The van der Waals surface area contributed by atoms with Crippen LogP contribution in [0.1, 0.15) is 21.5 Å². The summed E-state index contributed by atoms with van der Waals surface area (Å²) < 4.78 is 0.823. The summed E-state index contributed by atoms with van der Waals surface area (Å²) in [5.41, 5.74) is 0.121. The first kappa shape index (κ1) is 12.8. The van der Waals surface area contributed by atoms with Crippen LogP contribution in [0.15, 0.2) is 34.0 Å². The van der Waals surface area contributed by atoms with Crippen LogP contribution in [0.25, 0.3) is 5.69 Å². The van der Waals surface area contributed by atoms with Gasteiger partial charge in [0.05, 0.1) is 5.69 Å². The van der Waals surface area contributed by atoms with Gasteiger partial charge in [-0.25, -0.2) is 14.2 Å². The van der Waals surface area contributed by atoms with Crippen LogP contribution in [0, 0.1) is 13.8 Å². The zero-order valence-electron chi connectivity index (χ0n) is 10.4. The lowest BCUT2D eigenvalue weighted by Gasteiger charge is -2.07. The molecule has 19 heavy (non-hydrogen) atoms. The Bertz CT molecular complexity index is 751. The highest BCUT2D eigenvalue weighted by Crippen LogP contribution is 2.10. The predicted octanol–water partition coefficient (Wildman–Crippen LogP) is 0.841. The molecule has 0 saturated carbocycles. The number of hydrogen-bond donors (Lipinski definition) is 2. The number of carboxylic acid groups (broad SMARTS) is 1. The van der Waals surface area contributed by atoms with E-state index in [2.05, 4.69) is 4.98 Å². The van der Waals surface area contributed by atoms with Gasteiger partial charge in [-0.15, -0.1) is 0 Å². The minimum Gasteiger partial charge on any atom is -0.477 e. The first-order valence-corrected chi connectivity index (χ1v) is 5.57. The zero-order chi connectivity index (χ0) is 14.2. The Morgan fingerprint density at radius 1 is 1.16 bits per heavy atom. The number of nitrogens with zero attached hydrogens (tertiary/aromatic N) is 1. The number of aromatic amines is 1. The number of aromatic nitrogens is 2. The molecule has 0 fully saturated rings. The van der Waals surface area contributed by atoms with Gasteiger partial charge < -0.3 is 10.1 Å². The maximum Gasteiger partial charge on any atom is 0.342 e. The molecule has 0 radical (unpaired) electrons. The molecular weight excluding hydrogens is 248 g/mol. The Morgan fingerprint density at radius 3 is 2.26 bits per heavy atom. The van der Waals surface area contributed by atoms with Crippen molar-refractivity contribution < 1.29 is 9.90 Å². The summed E-state index contributed by atoms with van der Waals surface area (Å²) in [6.07, 6.45) is 0.909. The quantitative estimate of drug-likeness (QED) is 0.836. The van der Waals surface area contributed by atoms with E-state index < -0.39 is 22.8 Å². The van der Waals surface area contributed by atoms with E-state index in [0.717, 1.165) is 21.9 Å². The number of hydrogen-bond acceptors (Lipinski definition) is 3. The molecule has 2 aromatic rings. The number of nitrogens with one attached hydrogen (secondary N) is 1. The van der Waals surface area contributed by atoms with Crippen LogP contribution in [-0.2, 0) is 0 Å². The van der Waals surface area contributed by atoms with Crippen LogP contribution in [0.3, 0.4) is 0 Å². The molecule has 0 atom stereocenters. The third kappa shape index (κ3) is 2.33. The van der Waals surface area contributed by atoms with Crippen molar-refractivity contribution in [1.82, 2.24) is 9.55 Å². The van der Waals surface area contributed by atoms with Crippen LogP contribution < -0.4 is 11.2 Å². The first-order valence-electron chi connectivity index (χ1n) is 5.57. The van der Waals surface area contributed by atoms with E-state index in [9.17, 15) is 14.4 Å². The maximum absolute atomic E-state index is 12.0. The molecule has 0 bridgehead atoms. The molecular formula is C13H12N2O4. The van der Waals surface area contributed by atoms with Gasteiger partial charge in [0.25, 0.3) is 5.56 Å². The predicted molar refractivity (Wildman–Crippen MR) is 69.1 cm³/mol. The summed E-state index contributed by atoms with van der Waals surface area (Å²) in [6.45, 7) is 3.66. The summed E-state index contributed by atoms with van der Waals surface area (Å²) in [5.74, 6) is -1.38. The summed E-state index contributed by atoms with van der Waals surface area (Å²) in [5, 5.41) is 8.90. The third-order valence-electron chi connectivity index (χ3n) is 2.67. The van der Waals surface area contributed by atoms with Gasteiger partial charge in [-0.1, -0.05) is 6.07 Å². The number of benzene rings is 1. The van der Waals surface area contributed by atoms with Gasteiger partial charge in [-0.2, -0.15) is 0 Å². The molecule has 1 aromatic carbocycles. The molecule has 2 rings (SSSR count). The molecule has 0 amide bonds. The van der Waals surface area contributed by atoms with Gasteiger partial charge in [-0.3, -0.25) is 4.79 Å². The SMILES string of the molecule is Cc1cc(C)cc(-n2c(=O)[nH]cc(C(=O)O)c2=O)c1. The molecule has 0 aliphatic carbocycles. The topological polar surface area (TPSA) is 92.2 Å². The number of carbonyl (C=O) groups is 1. The largest absolute Gasteiger partial charge is 0.477 e. The molecule has 2 N–H and O–H groups in total. The molecule has 0 saturated heterocycles. The second-order valence-electron chi connectivity index (χ2n) is 4.30. The molecule has 0 unspecified atom stereocenters. The highest BCUT2D eigenvalue weighted by Gasteiger charge is 2.14. The zero-order valence-corrected chi connectivity index (χ0v) is 10.4. The summed E-state index contributed by atoms with van der Waals surface area (Å²) in [7, 11) is 0. The van der Waals surface area contributed by atoms with Gasteiger partial charge in [-0.05, 0) is 37.1 Å². The van der Waals surface area contributed by atoms with Crippen LogP contribution in [0.4, 0.5) is 0 Å². The normalized spacial score (nSPS) is 10.4. The Balaban J connectivity index is 2.82. The number of H-pyrrole nitrogens is 1. The number of carboxylic acids is 1. The molecule has 6 nitrogen and oxygen atoms in total. The molecule has 0 aliphatic rings. The highest BCUT2D eigenvalue weighted by molar-refractivity contribution is 5.86. The maximum atomic E-state index is 12.0. The van der Waals surface area contributed by atoms with E-state index in [0.29, 0.717) is 5.69 Å². The van der Waals surface area contributed by atoms with Crippen molar-refractivity contribution in [3.63, 3.8) is 0 Å². The average molecular weight is 260 g/mol. The lowest BCUT2D eigenvalue weighted by atomic mass is 10.1. The van der Waals surface area contributed by atoms with Crippen molar-refractivity contribution in [2.24, 2.45) is 0 Å². The van der Waals surface area contributed by atoms with Gasteiger partial charge in [0.2, 0.25) is 0 Å². The lowest BCUT2D eigenvalue weighted by molar-refractivity contribution is 0.0694. The lowest BCUT2D eigenvalue weighted by Crippen LogP contribution is -2.36. The van der Waals surface area contributed by atoms with Crippen LogP contribution >= 0.6 is 0 Å². The Morgan fingerprint density at radius 2 is 1.74 bits per heavy atom.